The van der Waals surface area contributed by atoms with Gasteiger partial charge in [0.05, 0.1) is 16.8 Å². The van der Waals surface area contributed by atoms with Gasteiger partial charge in [-0.15, -0.1) is 0 Å². The second kappa shape index (κ2) is 9.00. The van der Waals surface area contributed by atoms with Crippen molar-refractivity contribution in [1.82, 2.24) is 14.9 Å². The van der Waals surface area contributed by atoms with E-state index >= 15 is 0 Å². The van der Waals surface area contributed by atoms with Gasteiger partial charge in [0.1, 0.15) is 5.82 Å². The first-order valence-corrected chi connectivity index (χ1v) is 11.6. The smallest absolute Gasteiger partial charge is 0.252 e. The minimum atomic E-state index is -0.400. The summed E-state index contributed by atoms with van der Waals surface area (Å²) in [7, 11) is 1.96. The van der Waals surface area contributed by atoms with Crippen LogP contribution < -0.4 is 11.1 Å². The Bertz CT molecular complexity index is 1560. The predicted molar refractivity (Wildman–Crippen MR) is 137 cm³/mol. The molecule has 1 amide bonds. The first-order chi connectivity index (χ1) is 16.4. The molecule has 3 N–H and O–H groups in total. The highest BCUT2D eigenvalue weighted by atomic mass is 79.9. The molecule has 2 aromatic heterocycles. The lowest BCUT2D eigenvalue weighted by molar-refractivity contribution is 0.0952. The number of benzene rings is 3. The van der Waals surface area contributed by atoms with Gasteiger partial charge >= 0.3 is 0 Å². The molecule has 0 aliphatic heterocycles. The summed E-state index contributed by atoms with van der Waals surface area (Å²) < 4.78 is 17.0. The maximum absolute atomic E-state index is 14.1. The minimum Gasteiger partial charge on any atom is -0.350 e. The van der Waals surface area contributed by atoms with Crippen LogP contribution in [0.1, 0.15) is 21.5 Å². The van der Waals surface area contributed by atoms with E-state index in [0.29, 0.717) is 35.2 Å². The van der Waals surface area contributed by atoms with Crippen LogP contribution in [0.4, 0.5) is 4.39 Å². The molecule has 0 saturated carbocycles. The third kappa shape index (κ3) is 4.20. The van der Waals surface area contributed by atoms with Crippen molar-refractivity contribution in [2.24, 2.45) is 12.8 Å². The lowest BCUT2D eigenvalue weighted by Gasteiger charge is -2.11. The van der Waals surface area contributed by atoms with Crippen LogP contribution in [0.15, 0.2) is 77.4 Å². The van der Waals surface area contributed by atoms with E-state index in [1.54, 1.807) is 12.1 Å². The lowest BCUT2D eigenvalue weighted by atomic mass is 10.0. The molecular weight excluding hydrogens is 495 g/mol. The molecule has 0 fully saturated rings. The number of fused-ring (bicyclic) bond motifs is 2. The number of nitrogens with one attached hydrogen (secondary N) is 1. The van der Waals surface area contributed by atoms with Crippen LogP contribution in [0.2, 0.25) is 0 Å². The number of hydrogen-bond acceptors (Lipinski definition) is 3. The highest BCUT2D eigenvalue weighted by Gasteiger charge is 2.17. The van der Waals surface area contributed by atoms with E-state index in [0.717, 1.165) is 32.1 Å². The Kier molecular flexibility index (Phi) is 5.89. The number of carbonyl (C=O) groups is 1. The number of aryl methyl sites for hydroxylation is 1. The molecule has 34 heavy (non-hydrogen) atoms. The summed E-state index contributed by atoms with van der Waals surface area (Å²) in [5.41, 5.74) is 11.1. The molecule has 7 heteroatoms. The number of pyridine rings is 1. The van der Waals surface area contributed by atoms with E-state index in [2.05, 4.69) is 21.2 Å². The zero-order chi connectivity index (χ0) is 23.8. The summed E-state index contributed by atoms with van der Waals surface area (Å²) in [4.78, 5) is 18.0. The average molecular weight is 517 g/mol. The highest BCUT2D eigenvalue weighted by molar-refractivity contribution is 9.10. The molecule has 5 nitrogen and oxygen atoms in total. The Morgan fingerprint density at radius 2 is 1.88 bits per heavy atom. The number of carbonyl (C=O) groups excluding carboxylic acids is 1. The summed E-state index contributed by atoms with van der Waals surface area (Å²) in [6.45, 7) is 0.793. The van der Waals surface area contributed by atoms with E-state index < -0.39 is 5.82 Å². The zero-order valence-electron chi connectivity index (χ0n) is 18.5. The molecule has 0 aliphatic carbocycles. The standard InChI is InChI=1S/C27H22BrFN4O/c1-33-15-23(21-10-18(28)5-8-26(21)33)25-12-22(20-7-6-19(29)11-24(20)32-25)27(34)31-14-17-4-2-3-16(9-17)13-30/h2-12,15H,13-14,30H2,1H3,(H,31,34). The predicted octanol–water partition coefficient (Wildman–Crippen LogP) is 5.68. The van der Waals surface area contributed by atoms with Gasteiger partial charge in [-0.1, -0.05) is 40.2 Å². The molecule has 170 valence electrons. The van der Waals surface area contributed by atoms with E-state index in [9.17, 15) is 9.18 Å². The van der Waals surface area contributed by atoms with Crippen molar-refractivity contribution < 1.29 is 9.18 Å². The molecule has 0 spiro atoms. The maximum Gasteiger partial charge on any atom is 0.252 e. The number of hydrogen-bond donors (Lipinski definition) is 2. The molecule has 0 bridgehead atoms. The van der Waals surface area contributed by atoms with Crippen molar-refractivity contribution in [3.05, 3.63) is 99.9 Å². The van der Waals surface area contributed by atoms with Crippen molar-refractivity contribution in [2.75, 3.05) is 0 Å². The first kappa shape index (κ1) is 22.3. The van der Waals surface area contributed by atoms with Crippen molar-refractivity contribution in [3.8, 4) is 11.3 Å². The molecule has 5 rings (SSSR count). The fourth-order valence-electron chi connectivity index (χ4n) is 4.24. The normalized spacial score (nSPS) is 11.3. The quantitative estimate of drug-likeness (QED) is 0.315. The van der Waals surface area contributed by atoms with Crippen LogP contribution in [0.25, 0.3) is 33.1 Å². The zero-order valence-corrected chi connectivity index (χ0v) is 20.1. The van der Waals surface area contributed by atoms with E-state index in [-0.39, 0.29) is 5.91 Å². The summed E-state index contributed by atoms with van der Waals surface area (Å²) in [5.74, 6) is -0.650. The molecule has 0 unspecified atom stereocenters. The van der Waals surface area contributed by atoms with Crippen molar-refractivity contribution in [1.29, 1.82) is 0 Å². The fraction of sp³-hybridized carbons (Fsp3) is 0.111. The highest BCUT2D eigenvalue weighted by Crippen LogP contribution is 2.33. The van der Waals surface area contributed by atoms with Crippen molar-refractivity contribution in [2.45, 2.75) is 13.1 Å². The third-order valence-electron chi connectivity index (χ3n) is 5.92. The number of aromatic nitrogens is 2. The molecule has 5 aromatic rings. The average Bonchev–Trinajstić information content (AvgIpc) is 3.17. The lowest BCUT2D eigenvalue weighted by Crippen LogP contribution is -2.23. The Balaban J connectivity index is 1.59. The molecule has 0 aliphatic rings. The SMILES string of the molecule is Cn1cc(-c2cc(C(=O)NCc3cccc(CN)c3)c3ccc(F)cc3n2)c2cc(Br)ccc21. The van der Waals surface area contributed by atoms with Crippen LogP contribution in [-0.4, -0.2) is 15.5 Å². The maximum atomic E-state index is 14.1. The van der Waals surface area contributed by atoms with E-state index in [1.807, 2.05) is 60.3 Å². The van der Waals surface area contributed by atoms with Gasteiger partial charge < -0.3 is 15.6 Å². The Labute approximate surface area is 204 Å². The van der Waals surface area contributed by atoms with Crippen LogP contribution in [0.3, 0.4) is 0 Å². The fourth-order valence-corrected chi connectivity index (χ4v) is 4.60. The van der Waals surface area contributed by atoms with Gasteiger partial charge in [0.2, 0.25) is 0 Å². The topological polar surface area (TPSA) is 72.9 Å². The van der Waals surface area contributed by atoms with Crippen LogP contribution >= 0.6 is 15.9 Å². The van der Waals surface area contributed by atoms with Crippen LogP contribution in [-0.2, 0) is 20.1 Å². The Hall–Kier alpha value is -3.55. The van der Waals surface area contributed by atoms with E-state index in [4.69, 9.17) is 10.7 Å². The monoisotopic (exact) mass is 516 g/mol. The minimum absolute atomic E-state index is 0.250. The summed E-state index contributed by atoms with van der Waals surface area (Å²) >= 11 is 3.54. The largest absolute Gasteiger partial charge is 0.350 e. The Morgan fingerprint density at radius 1 is 1.06 bits per heavy atom. The Morgan fingerprint density at radius 3 is 2.71 bits per heavy atom. The summed E-state index contributed by atoms with van der Waals surface area (Å²) in [5, 5.41) is 4.58. The van der Waals surface area contributed by atoms with Gasteiger partial charge in [0, 0.05) is 58.7 Å². The number of amides is 1. The number of halogens is 2. The molecule has 0 radical (unpaired) electrons. The van der Waals surface area contributed by atoms with Gasteiger partial charge in [0.15, 0.2) is 0 Å². The van der Waals surface area contributed by atoms with Gasteiger partial charge in [-0.2, -0.15) is 0 Å². The molecule has 2 heterocycles. The molecule has 3 aromatic carbocycles. The van der Waals surface area contributed by atoms with Crippen molar-refractivity contribution in [3.63, 3.8) is 0 Å². The van der Waals surface area contributed by atoms with Gasteiger partial charge in [-0.25, -0.2) is 9.37 Å². The summed E-state index contributed by atoms with van der Waals surface area (Å²) in [6.07, 6.45) is 1.98. The third-order valence-corrected chi connectivity index (χ3v) is 6.42. The van der Waals surface area contributed by atoms with Crippen molar-refractivity contribution >= 4 is 43.6 Å². The van der Waals surface area contributed by atoms with Gasteiger partial charge in [0.25, 0.3) is 5.91 Å². The van der Waals surface area contributed by atoms with Gasteiger partial charge in [-0.05, 0) is 47.5 Å². The van der Waals surface area contributed by atoms with Crippen LogP contribution in [0.5, 0.6) is 0 Å². The van der Waals surface area contributed by atoms with Crippen LogP contribution in [0, 0.1) is 5.82 Å². The first-order valence-electron chi connectivity index (χ1n) is 10.8. The van der Waals surface area contributed by atoms with Gasteiger partial charge in [-0.3, -0.25) is 4.79 Å². The molecule has 0 atom stereocenters. The number of nitrogens with two attached hydrogens (primary N) is 1. The number of nitrogens with zero attached hydrogens (tertiary/aromatic N) is 2. The summed E-state index contributed by atoms with van der Waals surface area (Å²) in [6, 6.07) is 19.9. The number of rotatable bonds is 5. The van der Waals surface area contributed by atoms with E-state index in [1.165, 1.54) is 12.1 Å². The molecular formula is C27H22BrFN4O. The molecule has 0 saturated heterocycles. The second-order valence-electron chi connectivity index (χ2n) is 8.24. The second-order valence-corrected chi connectivity index (χ2v) is 9.15.